The maximum absolute atomic E-state index is 12.3. The van der Waals surface area contributed by atoms with Crippen LogP contribution in [0.4, 0.5) is 0 Å². The lowest BCUT2D eigenvalue weighted by molar-refractivity contribution is 0.368. The van der Waals surface area contributed by atoms with Gasteiger partial charge in [-0.1, -0.05) is 12.1 Å². The fourth-order valence-electron chi connectivity index (χ4n) is 3.33. The van der Waals surface area contributed by atoms with Crippen molar-refractivity contribution in [1.82, 2.24) is 14.9 Å². The Balaban J connectivity index is 1.88. The third-order valence-electron chi connectivity index (χ3n) is 4.48. The van der Waals surface area contributed by atoms with Crippen LogP contribution in [-0.4, -0.2) is 22.6 Å². The number of aromatic nitrogens is 2. The minimum atomic E-state index is 0.0648. The molecule has 0 amide bonds. The largest absolute Gasteiger partial charge is 0.326 e. The molecule has 1 aromatic heterocycles. The Morgan fingerprint density at radius 3 is 2.63 bits per heavy atom. The fraction of sp³-hybridized carbons (Fsp3) is 0.533. The smallest absolute Gasteiger partial charge is 0.317 e. The average molecular weight is 257 g/mol. The van der Waals surface area contributed by atoms with Gasteiger partial charge >= 0.3 is 5.69 Å². The van der Waals surface area contributed by atoms with Crippen LogP contribution in [-0.2, 0) is 0 Å². The van der Waals surface area contributed by atoms with Crippen LogP contribution in [0, 0.1) is 0 Å². The lowest BCUT2D eigenvalue weighted by Gasteiger charge is -2.23. The Kier molecular flexibility index (Phi) is 2.52. The second-order valence-corrected chi connectivity index (χ2v) is 5.80. The highest BCUT2D eigenvalue weighted by atomic mass is 16.1. The summed E-state index contributed by atoms with van der Waals surface area (Å²) < 4.78 is 1.99. The lowest BCUT2D eigenvalue weighted by atomic mass is 10.1. The number of rotatable bonds is 2. The average Bonchev–Trinajstić information content (AvgIpc) is 3.21. The van der Waals surface area contributed by atoms with E-state index in [1.165, 1.54) is 18.4 Å². The van der Waals surface area contributed by atoms with Crippen molar-refractivity contribution >= 4 is 11.0 Å². The Hall–Kier alpha value is -1.55. The van der Waals surface area contributed by atoms with E-state index >= 15 is 0 Å². The van der Waals surface area contributed by atoms with Gasteiger partial charge in [0, 0.05) is 6.04 Å². The highest BCUT2D eigenvalue weighted by molar-refractivity contribution is 5.80. The van der Waals surface area contributed by atoms with Gasteiger partial charge in [-0.3, -0.25) is 4.57 Å². The molecule has 100 valence electrons. The first-order valence-corrected chi connectivity index (χ1v) is 7.28. The van der Waals surface area contributed by atoms with E-state index in [0.29, 0.717) is 12.0 Å². The molecular weight excluding hydrogens is 238 g/mol. The monoisotopic (exact) mass is 257 g/mol. The van der Waals surface area contributed by atoms with Crippen molar-refractivity contribution in [1.29, 1.82) is 0 Å². The minimum Gasteiger partial charge on any atom is -0.317 e. The van der Waals surface area contributed by atoms with Gasteiger partial charge in [-0.2, -0.15) is 0 Å². The van der Waals surface area contributed by atoms with Crippen LogP contribution in [0.5, 0.6) is 0 Å². The summed E-state index contributed by atoms with van der Waals surface area (Å²) in [7, 11) is 0. The van der Waals surface area contributed by atoms with Gasteiger partial charge < -0.3 is 10.3 Å². The molecule has 2 heterocycles. The van der Waals surface area contributed by atoms with Crippen LogP contribution < -0.4 is 11.0 Å². The third kappa shape index (κ3) is 1.82. The summed E-state index contributed by atoms with van der Waals surface area (Å²) in [5.74, 6) is 0.670. The van der Waals surface area contributed by atoms with E-state index in [1.54, 1.807) is 0 Å². The molecule has 2 aliphatic rings. The molecule has 1 saturated heterocycles. The number of imidazole rings is 1. The van der Waals surface area contributed by atoms with Gasteiger partial charge in [0.2, 0.25) is 0 Å². The number of nitrogens with one attached hydrogen (secondary N) is 2. The second-order valence-electron chi connectivity index (χ2n) is 5.80. The molecule has 0 unspecified atom stereocenters. The summed E-state index contributed by atoms with van der Waals surface area (Å²) in [6, 6.07) is 6.70. The second kappa shape index (κ2) is 4.23. The summed E-state index contributed by atoms with van der Waals surface area (Å²) in [6.07, 6.45) is 4.61. The van der Waals surface area contributed by atoms with E-state index in [9.17, 15) is 4.79 Å². The van der Waals surface area contributed by atoms with Crippen molar-refractivity contribution in [3.63, 3.8) is 0 Å². The van der Waals surface area contributed by atoms with E-state index in [4.69, 9.17) is 0 Å². The number of benzene rings is 1. The Morgan fingerprint density at radius 2 is 1.89 bits per heavy atom. The summed E-state index contributed by atoms with van der Waals surface area (Å²) >= 11 is 0. The third-order valence-corrected chi connectivity index (χ3v) is 4.48. The van der Waals surface area contributed by atoms with Gasteiger partial charge in [0.15, 0.2) is 0 Å². The summed E-state index contributed by atoms with van der Waals surface area (Å²) in [4.78, 5) is 15.4. The maximum Gasteiger partial charge on any atom is 0.326 e. The van der Waals surface area contributed by atoms with Crippen LogP contribution in [0.3, 0.4) is 0 Å². The first-order chi connectivity index (χ1) is 9.34. The van der Waals surface area contributed by atoms with Crippen molar-refractivity contribution in [3.05, 3.63) is 34.2 Å². The van der Waals surface area contributed by atoms with E-state index in [2.05, 4.69) is 28.5 Å². The van der Waals surface area contributed by atoms with Gasteiger partial charge in [-0.15, -0.1) is 0 Å². The first kappa shape index (κ1) is 11.3. The maximum atomic E-state index is 12.3. The Morgan fingerprint density at radius 1 is 1.11 bits per heavy atom. The molecule has 19 heavy (non-hydrogen) atoms. The van der Waals surface area contributed by atoms with Crippen molar-refractivity contribution in [2.45, 2.75) is 37.6 Å². The molecule has 1 saturated carbocycles. The van der Waals surface area contributed by atoms with E-state index < -0.39 is 0 Å². The van der Waals surface area contributed by atoms with Crippen LogP contribution in [0.25, 0.3) is 11.0 Å². The van der Waals surface area contributed by atoms with Crippen LogP contribution in [0.1, 0.15) is 43.2 Å². The topological polar surface area (TPSA) is 49.8 Å². The van der Waals surface area contributed by atoms with Crippen molar-refractivity contribution < 1.29 is 0 Å². The van der Waals surface area contributed by atoms with E-state index in [1.807, 2.05) is 4.57 Å². The zero-order valence-electron chi connectivity index (χ0n) is 11.0. The number of H-pyrrole nitrogens is 1. The molecule has 1 aliphatic heterocycles. The number of nitrogens with zero attached hydrogens (tertiary/aromatic N) is 1. The van der Waals surface area contributed by atoms with Crippen molar-refractivity contribution in [2.75, 3.05) is 13.1 Å². The molecule has 0 radical (unpaired) electrons. The zero-order chi connectivity index (χ0) is 12.8. The van der Waals surface area contributed by atoms with Crippen molar-refractivity contribution in [2.24, 2.45) is 0 Å². The summed E-state index contributed by atoms with van der Waals surface area (Å²) in [6.45, 7) is 2.01. The molecule has 2 aromatic rings. The lowest BCUT2D eigenvalue weighted by Crippen LogP contribution is -2.33. The quantitative estimate of drug-likeness (QED) is 0.866. The molecule has 4 rings (SSSR count). The van der Waals surface area contributed by atoms with E-state index in [-0.39, 0.29) is 5.69 Å². The number of fused-ring (bicyclic) bond motifs is 1. The predicted octanol–water partition coefficient (Wildman–Crippen LogP) is 2.13. The van der Waals surface area contributed by atoms with Crippen molar-refractivity contribution in [3.8, 4) is 0 Å². The molecule has 2 N–H and O–H groups in total. The molecule has 4 nitrogen and oxygen atoms in total. The SMILES string of the molecule is O=c1[nH]c2c(C3CC3)cccc2n1C1CCNCC1. The highest BCUT2D eigenvalue weighted by Gasteiger charge is 2.27. The molecule has 4 heteroatoms. The Labute approximate surface area is 111 Å². The molecule has 2 fully saturated rings. The molecule has 0 bridgehead atoms. The fourth-order valence-corrected chi connectivity index (χ4v) is 3.33. The zero-order valence-corrected chi connectivity index (χ0v) is 11.0. The van der Waals surface area contributed by atoms with Crippen LogP contribution in [0.2, 0.25) is 0 Å². The Bertz CT molecular complexity index is 660. The molecule has 1 aromatic carbocycles. The normalized spacial score (nSPS) is 21.1. The first-order valence-electron chi connectivity index (χ1n) is 7.28. The van der Waals surface area contributed by atoms with Crippen LogP contribution in [0.15, 0.2) is 23.0 Å². The van der Waals surface area contributed by atoms with Gasteiger partial charge in [0.1, 0.15) is 0 Å². The molecule has 1 aliphatic carbocycles. The summed E-state index contributed by atoms with van der Waals surface area (Å²) in [5, 5.41) is 3.36. The predicted molar refractivity (Wildman–Crippen MR) is 75.7 cm³/mol. The molecule has 0 spiro atoms. The van der Waals surface area contributed by atoms with Gasteiger partial charge in [0.05, 0.1) is 11.0 Å². The van der Waals surface area contributed by atoms with E-state index in [0.717, 1.165) is 37.0 Å². The van der Waals surface area contributed by atoms with Gasteiger partial charge in [-0.25, -0.2) is 4.79 Å². The molecular formula is C15H19N3O. The van der Waals surface area contributed by atoms with Gasteiger partial charge in [-0.05, 0) is 56.3 Å². The number of hydrogen-bond acceptors (Lipinski definition) is 2. The molecule has 0 atom stereocenters. The number of hydrogen-bond donors (Lipinski definition) is 2. The van der Waals surface area contributed by atoms with Gasteiger partial charge in [0.25, 0.3) is 0 Å². The highest BCUT2D eigenvalue weighted by Crippen LogP contribution is 2.42. The number of piperidine rings is 1. The summed E-state index contributed by atoms with van der Waals surface area (Å²) in [5.41, 5.74) is 3.58. The number of para-hydroxylation sites is 1. The standard InChI is InChI=1S/C15H19N3O/c19-15-17-14-12(10-4-5-10)2-1-3-13(14)18(15)11-6-8-16-9-7-11/h1-3,10-11,16H,4-9H2,(H,17,19). The van der Waals surface area contributed by atoms with Crippen LogP contribution >= 0.6 is 0 Å². The minimum absolute atomic E-state index is 0.0648. The number of aromatic amines is 1.